The number of nitrogens with zero attached hydrogens (tertiary/aromatic N) is 3. The van der Waals surface area contributed by atoms with E-state index in [-0.39, 0.29) is 11.8 Å². The van der Waals surface area contributed by atoms with Crippen molar-refractivity contribution in [3.8, 4) is 0 Å². The highest BCUT2D eigenvalue weighted by atomic mass is 31.2. The Hall–Kier alpha value is -0.420. The van der Waals surface area contributed by atoms with E-state index < -0.39 is 7.59 Å². The van der Waals surface area contributed by atoms with Crippen molar-refractivity contribution in [1.82, 2.24) is 14.0 Å². The van der Waals surface area contributed by atoms with Gasteiger partial charge in [-0.05, 0) is 42.3 Å². The molecule has 0 spiro atoms. The molecule has 104 valence electrons. The van der Waals surface area contributed by atoms with Crippen LogP contribution in [0, 0.1) is 5.92 Å². The largest absolute Gasteiger partial charge is 0.369 e. The molecule has 0 aromatic heterocycles. The lowest BCUT2D eigenvalue weighted by atomic mass is 10.2. The van der Waals surface area contributed by atoms with E-state index in [9.17, 15) is 9.36 Å². The van der Waals surface area contributed by atoms with Crippen LogP contribution >= 0.6 is 7.59 Å². The molecule has 0 aliphatic rings. The standard InChI is InChI=1S/C6H18N3OP.C4H9NO/c1-7(2)11(10,8(3)4)9(5)6;1-3(2)4(5)6/h1-6H3;3H,1-2H3,(H2,5,6). The number of amides is 1. The monoisotopic (exact) mass is 266 g/mol. The number of hydrogen-bond acceptors (Lipinski definition) is 2. The summed E-state index contributed by atoms with van der Waals surface area (Å²) in [7, 11) is 8.49. The van der Waals surface area contributed by atoms with Crippen molar-refractivity contribution in [2.45, 2.75) is 13.8 Å². The third-order valence-electron chi connectivity index (χ3n) is 2.13. The molecule has 6 nitrogen and oxygen atoms in total. The van der Waals surface area contributed by atoms with Crippen molar-refractivity contribution in [2.75, 3.05) is 42.3 Å². The molecule has 0 bridgehead atoms. The first-order valence-corrected chi connectivity index (χ1v) is 6.97. The van der Waals surface area contributed by atoms with Crippen molar-refractivity contribution in [3.05, 3.63) is 0 Å². The van der Waals surface area contributed by atoms with Gasteiger partial charge < -0.3 is 5.73 Å². The van der Waals surface area contributed by atoms with Gasteiger partial charge in [-0.1, -0.05) is 13.8 Å². The fourth-order valence-corrected chi connectivity index (χ4v) is 3.22. The molecule has 0 fully saturated rings. The van der Waals surface area contributed by atoms with Crippen LogP contribution < -0.4 is 5.73 Å². The maximum Gasteiger partial charge on any atom is 0.285 e. The summed E-state index contributed by atoms with van der Waals surface area (Å²) in [6, 6.07) is 0. The topological polar surface area (TPSA) is 69.9 Å². The van der Waals surface area contributed by atoms with Gasteiger partial charge in [-0.25, -0.2) is 14.0 Å². The predicted octanol–water partition coefficient (Wildman–Crippen LogP) is 0.907. The van der Waals surface area contributed by atoms with E-state index in [1.807, 2.05) is 42.3 Å². The minimum absolute atomic E-state index is 0.00926. The van der Waals surface area contributed by atoms with E-state index in [1.54, 1.807) is 27.9 Å². The first kappa shape index (κ1) is 18.9. The highest BCUT2D eigenvalue weighted by Crippen LogP contribution is 2.50. The molecular formula is C10H27N4O2P. The van der Waals surface area contributed by atoms with Crippen LogP contribution in [0.1, 0.15) is 13.8 Å². The van der Waals surface area contributed by atoms with Gasteiger partial charge in [-0.2, -0.15) is 0 Å². The minimum Gasteiger partial charge on any atom is -0.369 e. The summed E-state index contributed by atoms with van der Waals surface area (Å²) in [5.41, 5.74) is 4.80. The van der Waals surface area contributed by atoms with Gasteiger partial charge in [0.15, 0.2) is 0 Å². The number of primary amides is 1. The molecule has 17 heavy (non-hydrogen) atoms. The van der Waals surface area contributed by atoms with E-state index in [2.05, 4.69) is 0 Å². The third-order valence-corrected chi connectivity index (χ3v) is 5.26. The molecule has 7 heteroatoms. The second-order valence-corrected chi connectivity index (χ2v) is 8.04. The van der Waals surface area contributed by atoms with Crippen molar-refractivity contribution >= 4 is 13.5 Å². The lowest BCUT2D eigenvalue weighted by Crippen LogP contribution is -2.30. The van der Waals surface area contributed by atoms with Gasteiger partial charge in [0.25, 0.3) is 7.59 Å². The summed E-state index contributed by atoms with van der Waals surface area (Å²) in [4.78, 5) is 9.92. The Morgan fingerprint density at radius 1 is 0.941 bits per heavy atom. The smallest absolute Gasteiger partial charge is 0.285 e. The molecule has 0 saturated heterocycles. The summed E-state index contributed by atoms with van der Waals surface area (Å²) in [5, 5.41) is 0. The van der Waals surface area contributed by atoms with Gasteiger partial charge >= 0.3 is 0 Å². The van der Waals surface area contributed by atoms with E-state index in [4.69, 9.17) is 5.73 Å². The van der Waals surface area contributed by atoms with E-state index in [0.717, 1.165) is 0 Å². The maximum atomic E-state index is 12.1. The first-order chi connectivity index (χ1) is 7.47. The van der Waals surface area contributed by atoms with Crippen molar-refractivity contribution < 1.29 is 9.36 Å². The average Bonchev–Trinajstić information content (AvgIpc) is 2.15. The number of carbonyl (C=O) groups is 1. The van der Waals surface area contributed by atoms with Gasteiger partial charge in [-0.15, -0.1) is 0 Å². The highest BCUT2D eigenvalue weighted by Gasteiger charge is 2.30. The number of carbonyl (C=O) groups excluding carboxylic acids is 1. The molecule has 0 aromatic carbocycles. The van der Waals surface area contributed by atoms with E-state index in [1.165, 1.54) is 0 Å². The molecule has 0 heterocycles. The first-order valence-electron chi connectivity index (χ1n) is 5.40. The van der Waals surface area contributed by atoms with Gasteiger partial charge in [-0.3, -0.25) is 9.36 Å². The van der Waals surface area contributed by atoms with Crippen LogP contribution in [0.2, 0.25) is 0 Å². The summed E-state index contributed by atoms with van der Waals surface area (Å²) < 4.78 is 17.3. The molecule has 0 saturated carbocycles. The second kappa shape index (κ2) is 7.82. The fourth-order valence-electron chi connectivity index (χ4n) is 1.07. The highest BCUT2D eigenvalue weighted by molar-refractivity contribution is 7.56. The average molecular weight is 266 g/mol. The lowest BCUT2D eigenvalue weighted by molar-refractivity contribution is -0.120. The Labute approximate surface area is 105 Å². The molecule has 0 aliphatic heterocycles. The summed E-state index contributed by atoms with van der Waals surface area (Å²) in [6.45, 7) is 3.53. The maximum absolute atomic E-state index is 12.1. The van der Waals surface area contributed by atoms with Crippen LogP contribution in [0.3, 0.4) is 0 Å². The van der Waals surface area contributed by atoms with Gasteiger partial charge in [0, 0.05) is 5.92 Å². The predicted molar refractivity (Wildman–Crippen MR) is 72.7 cm³/mol. The van der Waals surface area contributed by atoms with Crippen LogP contribution in [0.15, 0.2) is 0 Å². The Morgan fingerprint density at radius 3 is 1.12 bits per heavy atom. The number of hydrogen-bond donors (Lipinski definition) is 1. The summed E-state index contributed by atoms with van der Waals surface area (Å²) >= 11 is 0. The normalized spacial score (nSPS) is 12.0. The zero-order valence-electron chi connectivity index (χ0n) is 12.3. The van der Waals surface area contributed by atoms with E-state index in [0.29, 0.717) is 0 Å². The Kier molecular flexibility index (Phi) is 8.71. The van der Waals surface area contributed by atoms with Crippen LogP contribution in [-0.2, 0) is 9.36 Å². The molecule has 0 atom stereocenters. The van der Waals surface area contributed by atoms with Gasteiger partial charge in [0.05, 0.1) is 0 Å². The molecular weight excluding hydrogens is 239 g/mol. The van der Waals surface area contributed by atoms with Crippen LogP contribution in [-0.4, -0.2) is 62.2 Å². The fraction of sp³-hybridized carbons (Fsp3) is 0.900. The van der Waals surface area contributed by atoms with Crippen LogP contribution in [0.4, 0.5) is 0 Å². The molecule has 0 radical (unpaired) electrons. The molecule has 1 amide bonds. The molecule has 0 aliphatic carbocycles. The van der Waals surface area contributed by atoms with Crippen LogP contribution in [0.5, 0.6) is 0 Å². The quantitative estimate of drug-likeness (QED) is 0.766. The SMILES string of the molecule is CC(C)C(N)=O.CN(C)P(=O)(N(C)C)N(C)C. The number of nitrogens with two attached hydrogens (primary N) is 1. The van der Waals surface area contributed by atoms with E-state index >= 15 is 0 Å². The summed E-state index contributed by atoms with van der Waals surface area (Å²) in [6.07, 6.45) is 0. The molecule has 0 rings (SSSR count). The summed E-state index contributed by atoms with van der Waals surface area (Å²) in [5.74, 6) is -0.250. The third kappa shape index (κ3) is 6.17. The zero-order chi connectivity index (χ0) is 14.4. The Bertz CT molecular complexity index is 249. The molecule has 0 aromatic rings. The van der Waals surface area contributed by atoms with Gasteiger partial charge in [0.1, 0.15) is 0 Å². The molecule has 2 N–H and O–H groups in total. The number of rotatable bonds is 4. The Balaban J connectivity index is 0. The van der Waals surface area contributed by atoms with Crippen LogP contribution in [0.25, 0.3) is 0 Å². The Morgan fingerprint density at radius 2 is 1.12 bits per heavy atom. The minimum atomic E-state index is -2.44. The van der Waals surface area contributed by atoms with Crippen molar-refractivity contribution in [1.29, 1.82) is 0 Å². The second-order valence-electron chi connectivity index (χ2n) is 4.61. The molecule has 0 unspecified atom stereocenters. The van der Waals surface area contributed by atoms with Crippen molar-refractivity contribution in [2.24, 2.45) is 11.7 Å². The van der Waals surface area contributed by atoms with Crippen molar-refractivity contribution in [3.63, 3.8) is 0 Å². The lowest BCUT2D eigenvalue weighted by Gasteiger charge is -2.34. The van der Waals surface area contributed by atoms with Gasteiger partial charge in [0.2, 0.25) is 5.91 Å². The zero-order valence-corrected chi connectivity index (χ0v) is 13.2.